The van der Waals surface area contributed by atoms with Gasteiger partial charge in [-0.1, -0.05) is 29.8 Å². The largest absolute Gasteiger partial charge is 0.493 e. The molecule has 0 spiro atoms. The molecule has 32 heavy (non-hydrogen) atoms. The third kappa shape index (κ3) is 6.29. The highest BCUT2D eigenvalue weighted by Crippen LogP contribution is 2.36. The predicted octanol–water partition coefficient (Wildman–Crippen LogP) is 4.27. The summed E-state index contributed by atoms with van der Waals surface area (Å²) in [6.45, 7) is -0.339. The van der Waals surface area contributed by atoms with Crippen molar-refractivity contribution in [2.45, 2.75) is 0 Å². The zero-order valence-electron chi connectivity index (χ0n) is 17.0. The van der Waals surface area contributed by atoms with Crippen LogP contribution in [0, 0.1) is 5.82 Å². The van der Waals surface area contributed by atoms with Crippen molar-refractivity contribution >= 4 is 35.3 Å². The number of nitrogens with zero attached hydrogens (tertiary/aromatic N) is 1. The Morgan fingerprint density at radius 1 is 1.09 bits per heavy atom. The number of hydrogen-bond acceptors (Lipinski definition) is 5. The van der Waals surface area contributed by atoms with E-state index in [9.17, 15) is 14.0 Å². The highest BCUT2D eigenvalue weighted by molar-refractivity contribution is 6.32. The molecule has 0 heterocycles. The second kappa shape index (κ2) is 10.9. The molecule has 3 aromatic rings. The van der Waals surface area contributed by atoms with Crippen molar-refractivity contribution in [2.24, 2.45) is 5.10 Å². The van der Waals surface area contributed by atoms with Gasteiger partial charge in [-0.2, -0.15) is 5.10 Å². The fraction of sp³-hybridized carbons (Fsp3) is 0.0870. The molecular weight excluding hydrogens is 437 g/mol. The number of hydrogen-bond donors (Lipinski definition) is 2. The molecule has 0 aromatic heterocycles. The van der Waals surface area contributed by atoms with E-state index in [2.05, 4.69) is 15.8 Å². The van der Waals surface area contributed by atoms with Crippen LogP contribution in [0.1, 0.15) is 15.9 Å². The minimum Gasteiger partial charge on any atom is -0.493 e. The summed E-state index contributed by atoms with van der Waals surface area (Å²) in [7, 11) is 1.43. The maximum absolute atomic E-state index is 13.0. The molecule has 0 radical (unpaired) electrons. The average Bonchev–Trinajstić information content (AvgIpc) is 2.80. The minimum atomic E-state index is -0.455. The van der Waals surface area contributed by atoms with Crippen LogP contribution in [0.2, 0.25) is 5.02 Å². The summed E-state index contributed by atoms with van der Waals surface area (Å²) in [5.74, 6) is -0.758. The number of ether oxygens (including phenoxy) is 2. The molecular formula is C23H19ClFN3O4. The lowest BCUT2D eigenvalue weighted by molar-refractivity contribution is -0.118. The van der Waals surface area contributed by atoms with Gasteiger partial charge < -0.3 is 14.8 Å². The van der Waals surface area contributed by atoms with Crippen LogP contribution in [0.4, 0.5) is 10.1 Å². The van der Waals surface area contributed by atoms with Crippen LogP contribution in [-0.2, 0) is 4.79 Å². The lowest BCUT2D eigenvalue weighted by Crippen LogP contribution is -2.20. The summed E-state index contributed by atoms with van der Waals surface area (Å²) >= 11 is 6.28. The molecule has 164 valence electrons. The fourth-order valence-corrected chi connectivity index (χ4v) is 2.92. The van der Waals surface area contributed by atoms with E-state index in [4.69, 9.17) is 21.1 Å². The van der Waals surface area contributed by atoms with Gasteiger partial charge in [0, 0.05) is 11.3 Å². The van der Waals surface area contributed by atoms with Crippen LogP contribution >= 0.6 is 11.6 Å². The van der Waals surface area contributed by atoms with Gasteiger partial charge in [0.05, 0.1) is 18.3 Å². The first-order chi connectivity index (χ1) is 15.5. The van der Waals surface area contributed by atoms with Gasteiger partial charge in [0.1, 0.15) is 5.82 Å². The zero-order chi connectivity index (χ0) is 22.9. The number of methoxy groups -OCH3 is 1. The normalized spacial score (nSPS) is 10.6. The molecule has 0 fully saturated rings. The Balaban J connectivity index is 1.62. The van der Waals surface area contributed by atoms with E-state index in [0.717, 1.165) is 0 Å². The summed E-state index contributed by atoms with van der Waals surface area (Å²) in [6, 6.07) is 17.1. The van der Waals surface area contributed by atoms with Gasteiger partial charge >= 0.3 is 0 Å². The number of rotatable bonds is 8. The molecule has 0 atom stereocenters. The highest BCUT2D eigenvalue weighted by atomic mass is 35.5. The van der Waals surface area contributed by atoms with E-state index >= 15 is 0 Å². The van der Waals surface area contributed by atoms with Crippen molar-refractivity contribution < 1.29 is 23.5 Å². The van der Waals surface area contributed by atoms with Gasteiger partial charge in [0.15, 0.2) is 18.1 Å². The second-order valence-electron chi connectivity index (χ2n) is 6.44. The summed E-state index contributed by atoms with van der Waals surface area (Å²) in [4.78, 5) is 24.1. The van der Waals surface area contributed by atoms with Gasteiger partial charge in [-0.25, -0.2) is 9.82 Å². The van der Waals surface area contributed by atoms with Gasteiger partial charge in [-0.15, -0.1) is 0 Å². The van der Waals surface area contributed by atoms with Crippen molar-refractivity contribution in [3.63, 3.8) is 0 Å². The first-order valence-corrected chi connectivity index (χ1v) is 9.78. The van der Waals surface area contributed by atoms with E-state index in [-0.39, 0.29) is 29.0 Å². The number of halogens is 2. The molecule has 0 unspecified atom stereocenters. The van der Waals surface area contributed by atoms with Crippen LogP contribution in [0.15, 0.2) is 71.8 Å². The fourth-order valence-electron chi connectivity index (χ4n) is 2.64. The van der Waals surface area contributed by atoms with Gasteiger partial charge in [0.2, 0.25) is 0 Å². The molecule has 7 nitrogen and oxygen atoms in total. The number of carbonyl (C=O) groups excluding carboxylic acids is 2. The molecule has 9 heteroatoms. The number of carbonyl (C=O) groups is 2. The maximum Gasteiger partial charge on any atom is 0.271 e. The molecule has 0 aliphatic carbocycles. The molecule has 0 saturated carbocycles. The molecule has 0 aliphatic heterocycles. The van der Waals surface area contributed by atoms with Crippen LogP contribution < -0.4 is 20.2 Å². The first kappa shape index (κ1) is 22.8. The molecule has 0 bridgehead atoms. The van der Waals surface area contributed by atoms with Crippen LogP contribution in [0.3, 0.4) is 0 Å². The van der Waals surface area contributed by atoms with Crippen LogP contribution in [0.25, 0.3) is 0 Å². The lowest BCUT2D eigenvalue weighted by atomic mass is 10.2. The Kier molecular flexibility index (Phi) is 7.77. The van der Waals surface area contributed by atoms with E-state index in [1.54, 1.807) is 36.4 Å². The van der Waals surface area contributed by atoms with Gasteiger partial charge in [0.25, 0.3) is 11.8 Å². The summed E-state index contributed by atoms with van der Waals surface area (Å²) in [5, 5.41) is 6.69. The van der Waals surface area contributed by atoms with Crippen molar-refractivity contribution in [3.05, 3.63) is 88.7 Å². The van der Waals surface area contributed by atoms with E-state index in [1.807, 2.05) is 6.07 Å². The summed E-state index contributed by atoms with van der Waals surface area (Å²) in [5.41, 5.74) is 3.88. The van der Waals surface area contributed by atoms with E-state index < -0.39 is 11.7 Å². The molecule has 2 amide bonds. The Morgan fingerprint density at radius 2 is 1.81 bits per heavy atom. The van der Waals surface area contributed by atoms with Crippen molar-refractivity contribution in [1.82, 2.24) is 5.43 Å². The molecule has 0 aliphatic rings. The molecule has 3 aromatic carbocycles. The topological polar surface area (TPSA) is 89.0 Å². The minimum absolute atomic E-state index is 0.175. The molecule has 2 N–H and O–H groups in total. The van der Waals surface area contributed by atoms with Gasteiger partial charge in [-0.3, -0.25) is 9.59 Å². The van der Waals surface area contributed by atoms with Crippen LogP contribution in [-0.4, -0.2) is 31.7 Å². The SMILES string of the molecule is COc1cc(/C=N/NC(=O)c2ccccc2)cc(Cl)c1OCC(=O)Nc1ccc(F)cc1. The smallest absolute Gasteiger partial charge is 0.271 e. The summed E-state index contributed by atoms with van der Waals surface area (Å²) < 4.78 is 23.8. The number of nitrogens with one attached hydrogen (secondary N) is 2. The molecule has 3 rings (SSSR count). The Labute approximate surface area is 188 Å². The van der Waals surface area contributed by atoms with Crippen molar-refractivity contribution in [2.75, 3.05) is 19.0 Å². The monoisotopic (exact) mass is 455 g/mol. The van der Waals surface area contributed by atoms with Crippen LogP contribution in [0.5, 0.6) is 11.5 Å². The number of amides is 2. The number of hydrazone groups is 1. The van der Waals surface area contributed by atoms with Gasteiger partial charge in [-0.05, 0) is 54.1 Å². The van der Waals surface area contributed by atoms with Crippen molar-refractivity contribution in [3.8, 4) is 11.5 Å². The highest BCUT2D eigenvalue weighted by Gasteiger charge is 2.14. The Bertz CT molecular complexity index is 1120. The number of benzene rings is 3. The predicted molar refractivity (Wildman–Crippen MR) is 120 cm³/mol. The second-order valence-corrected chi connectivity index (χ2v) is 6.85. The van der Waals surface area contributed by atoms with E-state index in [0.29, 0.717) is 16.8 Å². The third-order valence-corrected chi connectivity index (χ3v) is 4.42. The third-order valence-electron chi connectivity index (χ3n) is 4.14. The quantitative estimate of drug-likeness (QED) is 0.392. The molecule has 0 saturated heterocycles. The Morgan fingerprint density at radius 3 is 2.50 bits per heavy atom. The first-order valence-electron chi connectivity index (χ1n) is 9.40. The summed E-state index contributed by atoms with van der Waals surface area (Å²) in [6.07, 6.45) is 1.40. The van der Waals surface area contributed by atoms with E-state index in [1.165, 1.54) is 37.6 Å². The zero-order valence-corrected chi connectivity index (χ0v) is 17.7. The lowest BCUT2D eigenvalue weighted by Gasteiger charge is -2.13. The Hall–Kier alpha value is -3.91. The maximum atomic E-state index is 13.0. The number of anilines is 1. The average molecular weight is 456 g/mol. The standard InChI is InChI=1S/C23H19ClFN3O4/c1-31-20-12-15(13-26-28-23(30)16-5-3-2-4-6-16)11-19(24)22(20)32-14-21(29)27-18-9-7-17(25)8-10-18/h2-13H,14H2,1H3,(H,27,29)(H,28,30)/b26-13+. The van der Waals surface area contributed by atoms with Crippen molar-refractivity contribution in [1.29, 1.82) is 0 Å².